The first-order chi connectivity index (χ1) is 7.10. The Morgan fingerprint density at radius 3 is 2.67 bits per heavy atom. The second-order valence-corrected chi connectivity index (χ2v) is 4.41. The molecule has 0 aliphatic heterocycles. The van der Waals surface area contributed by atoms with Gasteiger partial charge in [0.1, 0.15) is 5.82 Å². The Bertz CT molecular complexity index is 344. The van der Waals surface area contributed by atoms with E-state index in [1.54, 1.807) is 7.05 Å². The standard InChI is InChI=1S/C10H15FN2OS/c1-3-15-10-5-7(11)4-9(13(2)12)8(10)6-14/h4-5,14H,3,6,12H2,1-2H3. The number of aliphatic hydroxyl groups is 1. The zero-order chi connectivity index (χ0) is 11.4. The average Bonchev–Trinajstić information content (AvgIpc) is 2.17. The van der Waals surface area contributed by atoms with E-state index in [2.05, 4.69) is 0 Å². The number of nitrogens with two attached hydrogens (primary N) is 1. The summed E-state index contributed by atoms with van der Waals surface area (Å²) in [5.41, 5.74) is 1.20. The highest BCUT2D eigenvalue weighted by Crippen LogP contribution is 2.30. The Balaban J connectivity index is 3.25. The molecule has 0 saturated heterocycles. The Labute approximate surface area is 93.0 Å². The third kappa shape index (κ3) is 2.84. The predicted molar refractivity (Wildman–Crippen MR) is 61.3 cm³/mol. The molecule has 0 amide bonds. The van der Waals surface area contributed by atoms with Gasteiger partial charge in [0.2, 0.25) is 0 Å². The van der Waals surface area contributed by atoms with Gasteiger partial charge in [0.25, 0.3) is 0 Å². The number of hydrazine groups is 1. The van der Waals surface area contributed by atoms with Gasteiger partial charge < -0.3 is 10.1 Å². The molecule has 0 fully saturated rings. The molecule has 1 rings (SSSR count). The fraction of sp³-hybridized carbons (Fsp3) is 0.400. The Morgan fingerprint density at radius 2 is 2.20 bits per heavy atom. The van der Waals surface area contributed by atoms with Crippen molar-refractivity contribution in [2.45, 2.75) is 18.4 Å². The lowest BCUT2D eigenvalue weighted by atomic mass is 10.2. The summed E-state index contributed by atoms with van der Waals surface area (Å²) < 4.78 is 13.3. The monoisotopic (exact) mass is 230 g/mol. The van der Waals surface area contributed by atoms with Crippen molar-refractivity contribution in [3.63, 3.8) is 0 Å². The molecule has 1 aromatic carbocycles. The van der Waals surface area contributed by atoms with Gasteiger partial charge in [-0.25, -0.2) is 10.2 Å². The first kappa shape index (κ1) is 12.3. The van der Waals surface area contributed by atoms with E-state index in [1.165, 1.54) is 28.9 Å². The van der Waals surface area contributed by atoms with Gasteiger partial charge in [0, 0.05) is 17.5 Å². The number of benzene rings is 1. The van der Waals surface area contributed by atoms with E-state index in [9.17, 15) is 9.50 Å². The summed E-state index contributed by atoms with van der Waals surface area (Å²) in [5.74, 6) is 6.06. The van der Waals surface area contributed by atoms with Crippen LogP contribution >= 0.6 is 11.8 Å². The molecule has 5 heteroatoms. The first-order valence-corrected chi connectivity index (χ1v) is 5.63. The maximum Gasteiger partial charge on any atom is 0.126 e. The molecule has 84 valence electrons. The zero-order valence-corrected chi connectivity index (χ0v) is 9.64. The van der Waals surface area contributed by atoms with Crippen molar-refractivity contribution in [2.75, 3.05) is 17.8 Å². The van der Waals surface area contributed by atoms with E-state index in [-0.39, 0.29) is 12.4 Å². The smallest absolute Gasteiger partial charge is 0.126 e. The van der Waals surface area contributed by atoms with Crippen molar-refractivity contribution in [1.29, 1.82) is 0 Å². The number of anilines is 1. The van der Waals surface area contributed by atoms with Gasteiger partial charge in [-0.3, -0.25) is 0 Å². The van der Waals surface area contributed by atoms with Crippen molar-refractivity contribution in [1.82, 2.24) is 0 Å². The van der Waals surface area contributed by atoms with Crippen molar-refractivity contribution < 1.29 is 9.50 Å². The molecule has 0 heterocycles. The van der Waals surface area contributed by atoms with Crippen LogP contribution in [-0.4, -0.2) is 17.9 Å². The molecule has 0 aromatic heterocycles. The second-order valence-electron chi connectivity index (χ2n) is 3.10. The molecule has 0 spiro atoms. The summed E-state index contributed by atoms with van der Waals surface area (Å²) in [7, 11) is 1.62. The largest absolute Gasteiger partial charge is 0.392 e. The predicted octanol–water partition coefficient (Wildman–Crippen LogP) is 1.74. The van der Waals surface area contributed by atoms with E-state index in [0.717, 1.165) is 10.6 Å². The van der Waals surface area contributed by atoms with E-state index in [1.807, 2.05) is 6.92 Å². The lowest BCUT2D eigenvalue weighted by Crippen LogP contribution is -2.26. The number of thioether (sulfide) groups is 1. The van der Waals surface area contributed by atoms with Crippen LogP contribution in [0.15, 0.2) is 17.0 Å². The quantitative estimate of drug-likeness (QED) is 0.470. The molecule has 0 aliphatic carbocycles. The summed E-state index contributed by atoms with van der Waals surface area (Å²) in [6, 6.07) is 2.75. The lowest BCUT2D eigenvalue weighted by molar-refractivity contribution is 0.279. The third-order valence-electron chi connectivity index (χ3n) is 1.99. The fourth-order valence-electron chi connectivity index (χ4n) is 1.36. The number of nitrogens with zero attached hydrogens (tertiary/aromatic N) is 1. The molecule has 0 radical (unpaired) electrons. The summed E-state index contributed by atoms with van der Waals surface area (Å²) in [6.45, 7) is 1.84. The van der Waals surface area contributed by atoms with Crippen LogP contribution < -0.4 is 10.9 Å². The Kier molecular flexibility index (Phi) is 4.38. The SMILES string of the molecule is CCSc1cc(F)cc(N(C)N)c1CO. The van der Waals surface area contributed by atoms with Crippen molar-refractivity contribution in [3.8, 4) is 0 Å². The van der Waals surface area contributed by atoms with Crippen molar-refractivity contribution in [3.05, 3.63) is 23.5 Å². The highest BCUT2D eigenvalue weighted by molar-refractivity contribution is 7.99. The van der Waals surface area contributed by atoms with Gasteiger partial charge in [0.05, 0.1) is 12.3 Å². The molecule has 15 heavy (non-hydrogen) atoms. The number of rotatable bonds is 4. The summed E-state index contributed by atoms with van der Waals surface area (Å²) in [4.78, 5) is 0.743. The van der Waals surface area contributed by atoms with Crippen LogP contribution in [-0.2, 0) is 6.61 Å². The molecule has 3 nitrogen and oxygen atoms in total. The molecular weight excluding hydrogens is 215 g/mol. The molecule has 0 atom stereocenters. The van der Waals surface area contributed by atoms with Crippen LogP contribution in [0.25, 0.3) is 0 Å². The summed E-state index contributed by atoms with van der Waals surface area (Å²) >= 11 is 1.49. The summed E-state index contributed by atoms with van der Waals surface area (Å²) in [6.07, 6.45) is 0. The van der Waals surface area contributed by atoms with E-state index >= 15 is 0 Å². The minimum Gasteiger partial charge on any atom is -0.392 e. The average molecular weight is 230 g/mol. The Hall–Kier alpha value is -0.780. The third-order valence-corrected chi connectivity index (χ3v) is 2.95. The van der Waals surface area contributed by atoms with Gasteiger partial charge in [0.15, 0.2) is 0 Å². The summed E-state index contributed by atoms with van der Waals surface area (Å²) in [5, 5.41) is 10.6. The van der Waals surface area contributed by atoms with Gasteiger partial charge >= 0.3 is 0 Å². The van der Waals surface area contributed by atoms with Crippen LogP contribution in [0.4, 0.5) is 10.1 Å². The first-order valence-electron chi connectivity index (χ1n) is 4.64. The minimum atomic E-state index is -0.338. The number of halogens is 1. The van der Waals surface area contributed by atoms with Crippen LogP contribution in [0.2, 0.25) is 0 Å². The van der Waals surface area contributed by atoms with E-state index in [4.69, 9.17) is 5.84 Å². The minimum absolute atomic E-state index is 0.139. The maximum absolute atomic E-state index is 13.3. The van der Waals surface area contributed by atoms with Gasteiger partial charge in [-0.05, 0) is 17.9 Å². The normalized spacial score (nSPS) is 10.5. The van der Waals surface area contributed by atoms with Crippen LogP contribution in [0, 0.1) is 5.82 Å². The lowest BCUT2D eigenvalue weighted by Gasteiger charge is -2.18. The molecule has 0 unspecified atom stereocenters. The van der Waals surface area contributed by atoms with E-state index < -0.39 is 0 Å². The van der Waals surface area contributed by atoms with Crippen molar-refractivity contribution >= 4 is 17.4 Å². The van der Waals surface area contributed by atoms with Gasteiger partial charge in [-0.15, -0.1) is 11.8 Å². The fourth-order valence-corrected chi connectivity index (χ4v) is 2.21. The van der Waals surface area contributed by atoms with Gasteiger partial charge in [-0.1, -0.05) is 6.92 Å². The molecule has 3 N–H and O–H groups in total. The number of hydrogen-bond acceptors (Lipinski definition) is 4. The maximum atomic E-state index is 13.3. The number of aliphatic hydroxyl groups excluding tert-OH is 1. The number of hydrogen-bond donors (Lipinski definition) is 2. The zero-order valence-electron chi connectivity index (χ0n) is 8.83. The molecule has 0 bridgehead atoms. The second kappa shape index (κ2) is 5.34. The topological polar surface area (TPSA) is 49.5 Å². The molecule has 0 aliphatic rings. The highest BCUT2D eigenvalue weighted by Gasteiger charge is 2.12. The Morgan fingerprint density at radius 1 is 1.53 bits per heavy atom. The van der Waals surface area contributed by atoms with E-state index in [0.29, 0.717) is 11.3 Å². The van der Waals surface area contributed by atoms with Crippen molar-refractivity contribution in [2.24, 2.45) is 5.84 Å². The molecule has 0 saturated carbocycles. The molecular formula is C10H15FN2OS. The van der Waals surface area contributed by atoms with Crippen LogP contribution in [0.1, 0.15) is 12.5 Å². The van der Waals surface area contributed by atoms with Crippen LogP contribution in [0.5, 0.6) is 0 Å². The molecule has 1 aromatic rings. The van der Waals surface area contributed by atoms with Gasteiger partial charge in [-0.2, -0.15) is 0 Å². The van der Waals surface area contributed by atoms with Crippen LogP contribution in [0.3, 0.4) is 0 Å². The highest BCUT2D eigenvalue weighted by atomic mass is 32.2.